The summed E-state index contributed by atoms with van der Waals surface area (Å²) < 4.78 is 0. The number of benzene rings is 1. The fourth-order valence-corrected chi connectivity index (χ4v) is 2.38. The zero-order valence-corrected chi connectivity index (χ0v) is 11.9. The molecule has 0 aliphatic carbocycles. The third kappa shape index (κ3) is 3.66. The van der Waals surface area contributed by atoms with Crippen molar-refractivity contribution in [3.05, 3.63) is 35.5 Å². The van der Waals surface area contributed by atoms with Gasteiger partial charge in [-0.3, -0.25) is 0 Å². The van der Waals surface area contributed by atoms with Crippen molar-refractivity contribution in [1.29, 1.82) is 0 Å². The summed E-state index contributed by atoms with van der Waals surface area (Å²) in [5.74, 6) is 0. The number of aryl methyl sites for hydroxylation is 2. The molecule has 1 aromatic heterocycles. The van der Waals surface area contributed by atoms with Gasteiger partial charge >= 0.3 is 0 Å². The summed E-state index contributed by atoms with van der Waals surface area (Å²) in [4.78, 5) is 0. The van der Waals surface area contributed by atoms with Gasteiger partial charge in [0.2, 0.25) is 0 Å². The van der Waals surface area contributed by atoms with Crippen molar-refractivity contribution in [3.8, 4) is 11.3 Å². The first kappa shape index (κ1) is 13.8. The Kier molecular flexibility index (Phi) is 5.13. The Morgan fingerprint density at radius 2 is 1.79 bits per heavy atom. The summed E-state index contributed by atoms with van der Waals surface area (Å²) in [5.41, 5.74) is 4.57. The standard InChI is InChI=1S/C16H23N3/c1-3-4-5-6-7-12-15-16(18-19-17-15)14-11-9-8-10-13(14)2/h8-11H,3-7,12H2,1-2H3,(H,17,18,19). The van der Waals surface area contributed by atoms with Gasteiger partial charge in [-0.15, -0.1) is 0 Å². The van der Waals surface area contributed by atoms with Crippen LogP contribution in [-0.4, -0.2) is 15.4 Å². The van der Waals surface area contributed by atoms with E-state index in [0.29, 0.717) is 0 Å². The molecule has 0 fully saturated rings. The molecule has 0 saturated carbocycles. The van der Waals surface area contributed by atoms with Gasteiger partial charge in [-0.25, -0.2) is 0 Å². The Hall–Kier alpha value is -1.64. The monoisotopic (exact) mass is 257 g/mol. The van der Waals surface area contributed by atoms with E-state index >= 15 is 0 Å². The summed E-state index contributed by atoms with van der Waals surface area (Å²) >= 11 is 0. The number of hydrogen-bond donors (Lipinski definition) is 1. The maximum atomic E-state index is 4.33. The van der Waals surface area contributed by atoms with Crippen LogP contribution in [0, 0.1) is 6.92 Å². The van der Waals surface area contributed by atoms with Crippen molar-refractivity contribution in [2.24, 2.45) is 0 Å². The number of hydrogen-bond acceptors (Lipinski definition) is 2. The highest BCUT2D eigenvalue weighted by molar-refractivity contribution is 5.64. The first-order valence-electron chi connectivity index (χ1n) is 7.28. The van der Waals surface area contributed by atoms with Gasteiger partial charge in [0.25, 0.3) is 0 Å². The number of unbranched alkanes of at least 4 members (excludes halogenated alkanes) is 4. The fourth-order valence-electron chi connectivity index (χ4n) is 2.38. The lowest BCUT2D eigenvalue weighted by molar-refractivity contribution is 0.628. The van der Waals surface area contributed by atoms with Crippen LogP contribution in [-0.2, 0) is 6.42 Å². The molecule has 1 heterocycles. The molecule has 0 atom stereocenters. The minimum Gasteiger partial charge on any atom is -0.197 e. The number of H-pyrrole nitrogens is 1. The minimum atomic E-state index is 1.02. The molecular weight excluding hydrogens is 234 g/mol. The topological polar surface area (TPSA) is 41.6 Å². The van der Waals surface area contributed by atoms with Crippen LogP contribution in [0.2, 0.25) is 0 Å². The molecule has 102 valence electrons. The lowest BCUT2D eigenvalue weighted by atomic mass is 10.0. The van der Waals surface area contributed by atoms with E-state index < -0.39 is 0 Å². The summed E-state index contributed by atoms with van der Waals surface area (Å²) in [7, 11) is 0. The Balaban J connectivity index is 2.00. The highest BCUT2D eigenvalue weighted by Gasteiger charge is 2.11. The Morgan fingerprint density at radius 3 is 2.58 bits per heavy atom. The van der Waals surface area contributed by atoms with Crippen molar-refractivity contribution < 1.29 is 0 Å². The molecule has 1 aromatic carbocycles. The van der Waals surface area contributed by atoms with E-state index in [1.165, 1.54) is 43.2 Å². The number of aromatic amines is 1. The number of nitrogens with one attached hydrogen (secondary N) is 1. The molecule has 3 nitrogen and oxygen atoms in total. The Bertz CT molecular complexity index is 502. The normalized spacial score (nSPS) is 10.8. The van der Waals surface area contributed by atoms with Gasteiger partial charge in [0.15, 0.2) is 0 Å². The van der Waals surface area contributed by atoms with Crippen LogP contribution in [0.1, 0.15) is 50.3 Å². The van der Waals surface area contributed by atoms with E-state index in [0.717, 1.165) is 17.8 Å². The van der Waals surface area contributed by atoms with Crippen molar-refractivity contribution in [3.63, 3.8) is 0 Å². The Labute approximate surface area is 115 Å². The van der Waals surface area contributed by atoms with Crippen molar-refractivity contribution >= 4 is 0 Å². The average Bonchev–Trinajstić information content (AvgIpc) is 2.87. The third-order valence-electron chi connectivity index (χ3n) is 3.54. The van der Waals surface area contributed by atoms with Gasteiger partial charge in [-0.2, -0.15) is 15.4 Å². The molecule has 0 spiro atoms. The Morgan fingerprint density at radius 1 is 1.00 bits per heavy atom. The second kappa shape index (κ2) is 7.07. The van der Waals surface area contributed by atoms with Crippen LogP contribution in [0.3, 0.4) is 0 Å². The maximum absolute atomic E-state index is 4.33. The lowest BCUT2D eigenvalue weighted by Gasteiger charge is -2.04. The van der Waals surface area contributed by atoms with E-state index in [9.17, 15) is 0 Å². The molecule has 3 heteroatoms. The van der Waals surface area contributed by atoms with Gasteiger partial charge in [-0.05, 0) is 25.3 Å². The lowest BCUT2D eigenvalue weighted by Crippen LogP contribution is -1.92. The smallest absolute Gasteiger partial charge is 0.116 e. The number of nitrogens with zero attached hydrogens (tertiary/aromatic N) is 2. The highest BCUT2D eigenvalue weighted by atomic mass is 15.3. The summed E-state index contributed by atoms with van der Waals surface area (Å²) in [6.07, 6.45) is 7.46. The third-order valence-corrected chi connectivity index (χ3v) is 3.54. The maximum Gasteiger partial charge on any atom is 0.116 e. The van der Waals surface area contributed by atoms with Gasteiger partial charge in [0.1, 0.15) is 5.69 Å². The first-order valence-corrected chi connectivity index (χ1v) is 7.28. The van der Waals surface area contributed by atoms with Crippen molar-refractivity contribution in [1.82, 2.24) is 15.4 Å². The molecule has 2 rings (SSSR count). The molecule has 0 saturated heterocycles. The molecular formula is C16H23N3. The molecule has 0 unspecified atom stereocenters. The van der Waals surface area contributed by atoms with Crippen LogP contribution in [0.25, 0.3) is 11.3 Å². The van der Waals surface area contributed by atoms with Gasteiger partial charge in [0, 0.05) is 5.56 Å². The van der Waals surface area contributed by atoms with Crippen LogP contribution in [0.5, 0.6) is 0 Å². The van der Waals surface area contributed by atoms with Crippen LogP contribution >= 0.6 is 0 Å². The van der Waals surface area contributed by atoms with E-state index in [2.05, 4.69) is 53.5 Å². The van der Waals surface area contributed by atoms with E-state index in [1.807, 2.05) is 0 Å². The summed E-state index contributed by atoms with van der Waals surface area (Å²) in [6, 6.07) is 8.36. The first-order chi connectivity index (χ1) is 9.33. The highest BCUT2D eigenvalue weighted by Crippen LogP contribution is 2.24. The second-order valence-electron chi connectivity index (χ2n) is 5.10. The summed E-state index contributed by atoms with van der Waals surface area (Å²) in [6.45, 7) is 4.36. The average molecular weight is 257 g/mol. The molecule has 1 N–H and O–H groups in total. The molecule has 19 heavy (non-hydrogen) atoms. The van der Waals surface area contributed by atoms with E-state index in [-0.39, 0.29) is 0 Å². The van der Waals surface area contributed by atoms with Crippen molar-refractivity contribution in [2.45, 2.75) is 52.4 Å². The van der Waals surface area contributed by atoms with Crippen LogP contribution in [0.4, 0.5) is 0 Å². The van der Waals surface area contributed by atoms with Gasteiger partial charge in [-0.1, -0.05) is 56.9 Å². The quantitative estimate of drug-likeness (QED) is 0.752. The minimum absolute atomic E-state index is 1.02. The predicted octanol–water partition coefficient (Wildman–Crippen LogP) is 4.29. The van der Waals surface area contributed by atoms with Crippen molar-refractivity contribution in [2.75, 3.05) is 0 Å². The molecule has 0 radical (unpaired) electrons. The zero-order chi connectivity index (χ0) is 13.5. The fraction of sp³-hybridized carbons (Fsp3) is 0.500. The van der Waals surface area contributed by atoms with Gasteiger partial charge in [0.05, 0.1) is 5.69 Å². The van der Waals surface area contributed by atoms with Gasteiger partial charge < -0.3 is 0 Å². The van der Waals surface area contributed by atoms with E-state index in [4.69, 9.17) is 0 Å². The van der Waals surface area contributed by atoms with Crippen LogP contribution < -0.4 is 0 Å². The zero-order valence-electron chi connectivity index (χ0n) is 11.9. The molecule has 0 amide bonds. The second-order valence-corrected chi connectivity index (χ2v) is 5.10. The molecule has 0 aliphatic heterocycles. The molecule has 0 bridgehead atoms. The SMILES string of the molecule is CCCCCCCc1n[nH]nc1-c1ccccc1C. The largest absolute Gasteiger partial charge is 0.197 e. The van der Waals surface area contributed by atoms with Crippen LogP contribution in [0.15, 0.2) is 24.3 Å². The molecule has 0 aliphatic rings. The number of rotatable bonds is 7. The van der Waals surface area contributed by atoms with E-state index in [1.54, 1.807) is 0 Å². The number of aromatic nitrogens is 3. The predicted molar refractivity (Wildman–Crippen MR) is 79.0 cm³/mol. The summed E-state index contributed by atoms with van der Waals surface area (Å²) in [5, 5.41) is 11.4. The molecule has 2 aromatic rings.